The van der Waals surface area contributed by atoms with Gasteiger partial charge in [-0.05, 0) is 97.7 Å². The SMILES string of the molecule is CC(C)CCC[C@@H](C)[C@H]1CC[C@H]2[C@@H]3CC=C4C[C@@H](O)CC[C@]4(C)[C@H]3CC[C@]12C.NC(=O)OCCOCCOCCOCCO. The van der Waals surface area contributed by atoms with Gasteiger partial charge in [0.25, 0.3) is 0 Å². The lowest BCUT2D eigenvalue weighted by Crippen LogP contribution is -2.50. The van der Waals surface area contributed by atoms with Gasteiger partial charge in [-0.3, -0.25) is 0 Å². The average Bonchev–Trinajstić information content (AvgIpc) is 3.33. The fourth-order valence-electron chi connectivity index (χ4n) is 9.47. The van der Waals surface area contributed by atoms with Crippen LogP contribution in [0.15, 0.2) is 11.6 Å². The molecule has 0 aromatic carbocycles. The Morgan fingerprint density at radius 1 is 0.909 bits per heavy atom. The molecule has 8 atom stereocenters. The molecule has 0 saturated heterocycles. The number of carbonyl (C=O) groups is 1. The van der Waals surface area contributed by atoms with E-state index < -0.39 is 6.09 Å². The number of allylic oxidation sites excluding steroid dienone is 1. The summed E-state index contributed by atoms with van der Waals surface area (Å²) < 4.78 is 19.6. The van der Waals surface area contributed by atoms with Crippen LogP contribution in [0, 0.1) is 46.3 Å². The first kappa shape index (κ1) is 37.3. The van der Waals surface area contributed by atoms with Gasteiger partial charge in [0.2, 0.25) is 0 Å². The lowest BCUT2D eigenvalue weighted by Gasteiger charge is -2.58. The molecule has 4 N–H and O–H groups in total. The molecule has 0 aliphatic heterocycles. The van der Waals surface area contributed by atoms with Crippen molar-refractivity contribution in [3.63, 3.8) is 0 Å². The molecule has 4 aliphatic rings. The predicted octanol–water partition coefficient (Wildman–Crippen LogP) is 6.51. The summed E-state index contributed by atoms with van der Waals surface area (Å²) in [5.41, 5.74) is 7.34. The third-order valence-electron chi connectivity index (χ3n) is 11.7. The number of hydrogen-bond donors (Lipinski definition) is 3. The van der Waals surface area contributed by atoms with E-state index in [0.29, 0.717) is 50.5 Å². The van der Waals surface area contributed by atoms with Crippen molar-refractivity contribution in [1.82, 2.24) is 0 Å². The van der Waals surface area contributed by atoms with E-state index in [0.717, 1.165) is 48.3 Å². The van der Waals surface area contributed by atoms with Crippen LogP contribution in [-0.4, -0.2) is 75.3 Å². The van der Waals surface area contributed by atoms with Crippen LogP contribution < -0.4 is 5.73 Å². The van der Waals surface area contributed by atoms with E-state index in [4.69, 9.17) is 25.1 Å². The van der Waals surface area contributed by atoms with Crippen molar-refractivity contribution in [3.8, 4) is 0 Å². The normalized spacial score (nSPS) is 33.4. The van der Waals surface area contributed by atoms with E-state index in [1.165, 1.54) is 57.8 Å². The van der Waals surface area contributed by atoms with E-state index in [1.807, 2.05) is 0 Å². The number of rotatable bonds is 16. The molecule has 0 aromatic heterocycles. The van der Waals surface area contributed by atoms with Crippen LogP contribution in [0.2, 0.25) is 0 Å². The Bertz CT molecular complexity index is 881. The Morgan fingerprint density at radius 3 is 2.20 bits per heavy atom. The van der Waals surface area contributed by atoms with Crippen LogP contribution in [0.1, 0.15) is 105 Å². The Labute approximate surface area is 267 Å². The number of hydrogen-bond acceptors (Lipinski definition) is 7. The highest BCUT2D eigenvalue weighted by Crippen LogP contribution is 2.67. The van der Waals surface area contributed by atoms with Gasteiger partial charge in [-0.1, -0.05) is 65.5 Å². The zero-order chi connectivity index (χ0) is 32.2. The van der Waals surface area contributed by atoms with Crippen LogP contribution in [0.5, 0.6) is 0 Å². The molecule has 1 amide bonds. The first-order chi connectivity index (χ1) is 21.0. The molecule has 0 radical (unpaired) electrons. The fourth-order valence-corrected chi connectivity index (χ4v) is 9.47. The fraction of sp³-hybridized carbons (Fsp3) is 0.917. The standard InChI is InChI=1S/C27H46O.C9H19NO6/c1-18(2)7-6-8-19(3)23-11-12-24-22-10-9-20-17-21(28)13-15-26(20,4)25(22)14-16-27(23,24)5;10-9(12)16-8-7-15-6-5-14-4-3-13-2-1-11/h9,18-19,21-25,28H,6-8,10-17H2,1-5H3;11H,1-8H2,(H2,10,12)/t19-,21+,22+,23-,24+,25+,26+,27-;/m1./s1. The third kappa shape index (κ3) is 10.2. The van der Waals surface area contributed by atoms with E-state index >= 15 is 0 Å². The number of carbonyl (C=O) groups excluding carboxylic acids is 1. The molecule has 4 aliphatic carbocycles. The van der Waals surface area contributed by atoms with Crippen LogP contribution in [0.25, 0.3) is 0 Å². The smallest absolute Gasteiger partial charge is 0.404 e. The summed E-state index contributed by atoms with van der Waals surface area (Å²) in [4.78, 5) is 10.1. The van der Waals surface area contributed by atoms with Crippen LogP contribution in [0.3, 0.4) is 0 Å². The highest BCUT2D eigenvalue weighted by atomic mass is 16.6. The molecular weight excluding hydrogens is 558 g/mol. The van der Waals surface area contributed by atoms with Crippen LogP contribution >= 0.6 is 0 Å². The Balaban J connectivity index is 0.000000284. The monoisotopic (exact) mass is 623 g/mol. The summed E-state index contributed by atoms with van der Waals surface area (Å²) >= 11 is 0. The molecule has 0 bridgehead atoms. The summed E-state index contributed by atoms with van der Waals surface area (Å²) in [5, 5.41) is 18.6. The van der Waals surface area contributed by atoms with Crippen molar-refractivity contribution in [2.24, 2.45) is 52.1 Å². The Morgan fingerprint density at radius 2 is 1.57 bits per heavy atom. The molecule has 4 rings (SSSR count). The number of amides is 1. The largest absolute Gasteiger partial charge is 0.447 e. The Hall–Kier alpha value is -1.19. The van der Waals surface area contributed by atoms with Gasteiger partial charge in [-0.2, -0.15) is 0 Å². The number of aliphatic hydroxyl groups excluding tert-OH is 2. The van der Waals surface area contributed by atoms with E-state index in [2.05, 4.69) is 45.4 Å². The van der Waals surface area contributed by atoms with E-state index in [-0.39, 0.29) is 19.3 Å². The van der Waals surface area contributed by atoms with Gasteiger partial charge in [0, 0.05) is 0 Å². The molecule has 8 heteroatoms. The molecular formula is C36H65NO7. The minimum absolute atomic E-state index is 0.0168. The van der Waals surface area contributed by atoms with Crippen molar-refractivity contribution in [2.45, 2.75) is 111 Å². The van der Waals surface area contributed by atoms with Crippen molar-refractivity contribution in [1.29, 1.82) is 0 Å². The minimum Gasteiger partial charge on any atom is -0.447 e. The van der Waals surface area contributed by atoms with Crippen LogP contribution in [0.4, 0.5) is 4.79 Å². The summed E-state index contributed by atoms with van der Waals surface area (Å²) in [6.07, 6.45) is 16.4. The van der Waals surface area contributed by atoms with Gasteiger partial charge in [0.1, 0.15) is 6.61 Å². The second kappa shape index (κ2) is 18.2. The zero-order valence-electron chi connectivity index (χ0n) is 28.6. The molecule has 44 heavy (non-hydrogen) atoms. The number of ether oxygens (including phenoxy) is 4. The van der Waals surface area contributed by atoms with Crippen molar-refractivity contribution in [3.05, 3.63) is 11.6 Å². The summed E-state index contributed by atoms with van der Waals surface area (Å²) in [6.45, 7) is 15.1. The summed E-state index contributed by atoms with van der Waals surface area (Å²) in [5.74, 6) is 5.46. The van der Waals surface area contributed by atoms with Gasteiger partial charge in [0.05, 0.1) is 52.4 Å². The Kier molecular flexibility index (Phi) is 15.4. The highest BCUT2D eigenvalue weighted by molar-refractivity contribution is 5.64. The second-order valence-electron chi connectivity index (χ2n) is 14.9. The van der Waals surface area contributed by atoms with Gasteiger partial charge >= 0.3 is 6.09 Å². The molecule has 256 valence electrons. The summed E-state index contributed by atoms with van der Waals surface area (Å²) in [7, 11) is 0. The van der Waals surface area contributed by atoms with E-state index in [1.54, 1.807) is 5.57 Å². The molecule has 0 aromatic rings. The molecule has 3 saturated carbocycles. The molecule has 0 unspecified atom stereocenters. The van der Waals surface area contributed by atoms with Gasteiger partial charge in [0.15, 0.2) is 0 Å². The average molecular weight is 624 g/mol. The van der Waals surface area contributed by atoms with E-state index in [9.17, 15) is 9.90 Å². The lowest BCUT2D eigenvalue weighted by molar-refractivity contribution is -0.0573. The number of nitrogens with two attached hydrogens (primary N) is 1. The number of primary amides is 1. The molecule has 0 heterocycles. The number of aliphatic hydroxyl groups is 2. The van der Waals surface area contributed by atoms with Gasteiger partial charge < -0.3 is 34.9 Å². The highest BCUT2D eigenvalue weighted by Gasteiger charge is 2.59. The van der Waals surface area contributed by atoms with Crippen molar-refractivity contribution >= 4 is 6.09 Å². The third-order valence-corrected chi connectivity index (χ3v) is 11.7. The zero-order valence-corrected chi connectivity index (χ0v) is 28.6. The molecule has 3 fully saturated rings. The predicted molar refractivity (Wildman–Crippen MR) is 174 cm³/mol. The van der Waals surface area contributed by atoms with Gasteiger partial charge in [-0.15, -0.1) is 0 Å². The first-order valence-electron chi connectivity index (χ1n) is 17.7. The quantitative estimate of drug-likeness (QED) is 0.132. The maximum atomic E-state index is 10.2. The summed E-state index contributed by atoms with van der Waals surface area (Å²) in [6, 6.07) is 0. The molecule has 8 nitrogen and oxygen atoms in total. The maximum Gasteiger partial charge on any atom is 0.404 e. The lowest BCUT2D eigenvalue weighted by atomic mass is 9.47. The van der Waals surface area contributed by atoms with Crippen molar-refractivity contribution < 1.29 is 34.0 Å². The van der Waals surface area contributed by atoms with Crippen molar-refractivity contribution in [2.75, 3.05) is 52.9 Å². The maximum absolute atomic E-state index is 10.2. The van der Waals surface area contributed by atoms with Crippen LogP contribution in [-0.2, 0) is 18.9 Å². The molecule has 0 spiro atoms. The number of fused-ring (bicyclic) bond motifs is 5. The second-order valence-corrected chi connectivity index (χ2v) is 14.9. The minimum atomic E-state index is -0.805. The topological polar surface area (TPSA) is 120 Å². The van der Waals surface area contributed by atoms with Gasteiger partial charge in [-0.25, -0.2) is 4.79 Å². The first-order valence-corrected chi connectivity index (χ1v) is 17.7.